The zero-order valence-corrected chi connectivity index (χ0v) is 21.9. The molecular weight excluding hydrogens is 533 g/mol. The Morgan fingerprint density at radius 1 is 1.17 bits per heavy atom. The van der Waals surface area contributed by atoms with Gasteiger partial charge in [0.2, 0.25) is 5.78 Å². The van der Waals surface area contributed by atoms with Gasteiger partial charge < -0.3 is 24.8 Å². The molecule has 12 heteroatoms. The number of hydrogen-bond donors (Lipinski definition) is 2. The summed E-state index contributed by atoms with van der Waals surface area (Å²) < 4.78 is 16.9. The Morgan fingerprint density at radius 3 is 2.54 bits per heavy atom. The predicted octanol–water partition coefficient (Wildman–Crippen LogP) is 4.54. The fourth-order valence-electron chi connectivity index (χ4n) is 3.80. The molecule has 2 unspecified atom stereocenters. The van der Waals surface area contributed by atoms with Crippen LogP contribution in [0.4, 0.5) is 5.82 Å². The van der Waals surface area contributed by atoms with Crippen LogP contribution in [-0.4, -0.2) is 61.6 Å². The van der Waals surface area contributed by atoms with Crippen molar-refractivity contribution in [1.82, 2.24) is 10.3 Å². The molecule has 0 spiro atoms. The molecule has 3 heterocycles. The molecule has 1 fully saturated rings. The number of hydrogen-bond acceptors (Lipinski definition) is 9. The van der Waals surface area contributed by atoms with Crippen molar-refractivity contribution in [3.05, 3.63) is 44.9 Å². The van der Waals surface area contributed by atoms with Crippen molar-refractivity contribution in [1.29, 1.82) is 0 Å². The predicted molar refractivity (Wildman–Crippen MR) is 141 cm³/mol. The maximum Gasteiger partial charge on any atom is 0.255 e. The van der Waals surface area contributed by atoms with Gasteiger partial charge in [-0.3, -0.25) is 9.59 Å². The number of amides is 1. The molecule has 1 aliphatic rings. The molecule has 8 nitrogen and oxygen atoms in total. The van der Waals surface area contributed by atoms with Crippen molar-refractivity contribution in [3.8, 4) is 11.5 Å². The average Bonchev–Trinajstić information content (AvgIpc) is 3.29. The number of anilines is 1. The van der Waals surface area contributed by atoms with Gasteiger partial charge in [-0.1, -0.05) is 35.4 Å². The minimum Gasteiger partial charge on any atom is -0.495 e. The molecule has 35 heavy (non-hydrogen) atoms. The van der Waals surface area contributed by atoms with E-state index in [1.54, 1.807) is 12.3 Å². The summed E-state index contributed by atoms with van der Waals surface area (Å²) in [6.45, 7) is 0.952. The van der Waals surface area contributed by atoms with E-state index in [2.05, 4.69) is 15.6 Å². The number of nitrogens with zero attached hydrogens (tertiary/aromatic N) is 1. The Kier molecular flexibility index (Phi) is 8.08. The Hall–Kier alpha value is -2.50. The number of carbonyl (C=O) groups excluding carboxylic acids is 2. The molecule has 1 aromatic carbocycles. The summed E-state index contributed by atoms with van der Waals surface area (Å²) in [6, 6.07) is 4.79. The highest BCUT2D eigenvalue weighted by Gasteiger charge is 2.28. The normalized spacial score (nSPS) is 17.6. The Labute approximate surface area is 220 Å². The third-order valence-electron chi connectivity index (χ3n) is 5.55. The van der Waals surface area contributed by atoms with Crippen LogP contribution in [0.15, 0.2) is 24.4 Å². The number of ketones is 1. The number of thiophene rings is 1. The minimum absolute atomic E-state index is 0.110. The number of thiocarbonyl (C=S) groups is 1. The van der Waals surface area contributed by atoms with Crippen LogP contribution < -0.4 is 20.1 Å². The van der Waals surface area contributed by atoms with E-state index >= 15 is 0 Å². The van der Waals surface area contributed by atoms with E-state index in [-0.39, 0.29) is 50.9 Å². The molecule has 0 saturated carbocycles. The third kappa shape index (κ3) is 5.36. The third-order valence-corrected chi connectivity index (χ3v) is 7.60. The number of nitrogens with one attached hydrogen (secondary N) is 2. The average molecular weight is 554 g/mol. The van der Waals surface area contributed by atoms with Crippen molar-refractivity contribution < 1.29 is 23.8 Å². The van der Waals surface area contributed by atoms with Gasteiger partial charge in [0, 0.05) is 18.9 Å². The number of ether oxygens (including phenoxy) is 3. The lowest BCUT2D eigenvalue weighted by Crippen LogP contribution is -2.52. The second kappa shape index (κ2) is 11.0. The first-order valence-corrected chi connectivity index (χ1v) is 12.5. The van der Waals surface area contributed by atoms with Crippen LogP contribution in [0.3, 0.4) is 0 Å². The monoisotopic (exact) mass is 553 g/mol. The molecule has 2 N–H and O–H groups in total. The fourth-order valence-corrected chi connectivity index (χ4v) is 5.50. The summed E-state index contributed by atoms with van der Waals surface area (Å²) in [5.74, 6) is 0.502. The zero-order chi connectivity index (χ0) is 25.1. The second-order valence-corrected chi connectivity index (χ2v) is 9.75. The number of rotatable bonds is 8. The maximum atomic E-state index is 13.4. The van der Waals surface area contributed by atoms with Crippen molar-refractivity contribution in [3.63, 3.8) is 0 Å². The summed E-state index contributed by atoms with van der Waals surface area (Å²) in [6.07, 6.45) is 2.33. The molecule has 3 aromatic rings. The lowest BCUT2D eigenvalue weighted by Gasteiger charge is -2.32. The Bertz CT molecular complexity index is 1270. The lowest BCUT2D eigenvalue weighted by atomic mass is 10.0. The molecule has 1 amide bonds. The molecule has 1 saturated heterocycles. The smallest absolute Gasteiger partial charge is 0.255 e. The van der Waals surface area contributed by atoms with Crippen molar-refractivity contribution in [2.24, 2.45) is 0 Å². The summed E-state index contributed by atoms with van der Waals surface area (Å²) in [5.41, 5.74) is 0.110. The summed E-state index contributed by atoms with van der Waals surface area (Å²) >= 11 is 18.8. The van der Waals surface area contributed by atoms with Gasteiger partial charge in [-0.25, -0.2) is 4.98 Å². The van der Waals surface area contributed by atoms with Crippen LogP contribution in [0.1, 0.15) is 21.7 Å². The highest BCUT2D eigenvalue weighted by Crippen LogP contribution is 2.42. The van der Waals surface area contributed by atoms with Gasteiger partial charge in [0.05, 0.1) is 63.5 Å². The second-order valence-electron chi connectivity index (χ2n) is 7.68. The van der Waals surface area contributed by atoms with Crippen LogP contribution >= 0.6 is 46.8 Å². The summed E-state index contributed by atoms with van der Waals surface area (Å²) in [4.78, 5) is 30.0. The topological polar surface area (TPSA) is 98.8 Å². The number of methoxy groups -OCH3 is 2. The van der Waals surface area contributed by atoms with Crippen molar-refractivity contribution >= 4 is 79.7 Å². The first kappa shape index (κ1) is 25.6. The number of carbonyl (C=O) groups is 2. The van der Waals surface area contributed by atoms with Crippen molar-refractivity contribution in [2.75, 3.05) is 32.8 Å². The van der Waals surface area contributed by atoms with E-state index in [1.165, 1.54) is 31.6 Å². The Balaban J connectivity index is 1.62. The highest BCUT2D eigenvalue weighted by molar-refractivity contribution is 7.80. The van der Waals surface area contributed by atoms with Crippen LogP contribution in [0.5, 0.6) is 11.5 Å². The van der Waals surface area contributed by atoms with Crippen LogP contribution in [0.2, 0.25) is 10.0 Å². The van der Waals surface area contributed by atoms with E-state index in [1.807, 2.05) is 6.07 Å². The van der Waals surface area contributed by atoms with Gasteiger partial charge >= 0.3 is 0 Å². The first-order chi connectivity index (χ1) is 16.9. The van der Waals surface area contributed by atoms with Gasteiger partial charge in [0.15, 0.2) is 0 Å². The first-order valence-electron chi connectivity index (χ1n) is 10.5. The molecule has 0 bridgehead atoms. The minimum atomic E-state index is -0.350. The molecule has 0 radical (unpaired) electrons. The number of pyridine rings is 1. The van der Waals surface area contributed by atoms with Crippen LogP contribution in [0, 0.1) is 0 Å². The van der Waals surface area contributed by atoms with Gasteiger partial charge in [0.25, 0.3) is 5.91 Å². The standard InChI is InChI=1S/C23H21Cl2N3O5S2/c1-31-14-7-15(32-2)22(25)20(21(14)24)23(30)16-5-11-6-18(26-8-17(11)35-16)27-13-9-33-4-3-12(13)28-19(29)10-34/h5-8,10,12-13H,3-4,9H2,1-2H3,(H,26,27)(H,28,29). The number of aromatic nitrogens is 1. The van der Waals surface area contributed by atoms with Gasteiger partial charge in [-0.15, -0.1) is 11.3 Å². The van der Waals surface area contributed by atoms with Crippen molar-refractivity contribution in [2.45, 2.75) is 18.5 Å². The largest absolute Gasteiger partial charge is 0.495 e. The molecule has 0 aliphatic carbocycles. The SMILES string of the molecule is COc1cc(OC)c(Cl)c(C(=O)c2cc3cc(NC4COCCC4NC(=O)C=S)ncc3s2)c1Cl. The Morgan fingerprint density at radius 2 is 1.89 bits per heavy atom. The quantitative estimate of drug-likeness (QED) is 0.310. The fraction of sp³-hybridized carbons (Fsp3) is 0.304. The van der Waals surface area contributed by atoms with Gasteiger partial charge in [0.1, 0.15) is 17.3 Å². The highest BCUT2D eigenvalue weighted by atomic mass is 35.5. The van der Waals surface area contributed by atoms with E-state index in [0.29, 0.717) is 30.3 Å². The van der Waals surface area contributed by atoms with Gasteiger partial charge in [-0.05, 0) is 23.9 Å². The van der Waals surface area contributed by atoms with E-state index < -0.39 is 0 Å². The van der Waals surface area contributed by atoms with Crippen LogP contribution in [0.25, 0.3) is 10.1 Å². The molecule has 1 aliphatic heterocycles. The van der Waals surface area contributed by atoms with E-state index in [4.69, 9.17) is 49.6 Å². The van der Waals surface area contributed by atoms with Gasteiger partial charge in [-0.2, -0.15) is 0 Å². The number of halogens is 2. The van der Waals surface area contributed by atoms with Crippen LogP contribution in [-0.2, 0) is 9.53 Å². The number of fused-ring (bicyclic) bond motifs is 1. The summed E-state index contributed by atoms with van der Waals surface area (Å²) in [7, 11) is 2.90. The molecular formula is C23H21Cl2N3O5S2. The molecule has 4 rings (SSSR count). The van der Waals surface area contributed by atoms with E-state index in [9.17, 15) is 9.59 Å². The lowest BCUT2D eigenvalue weighted by molar-refractivity contribution is -0.115. The zero-order valence-electron chi connectivity index (χ0n) is 18.7. The van der Waals surface area contributed by atoms with E-state index in [0.717, 1.165) is 15.5 Å². The number of benzene rings is 1. The molecule has 2 aromatic heterocycles. The summed E-state index contributed by atoms with van der Waals surface area (Å²) in [5, 5.41) is 8.32. The molecule has 184 valence electrons. The maximum absolute atomic E-state index is 13.4. The molecule has 2 atom stereocenters.